The lowest BCUT2D eigenvalue weighted by Crippen LogP contribution is -2.34. The number of rotatable bonds is 8. The van der Waals surface area contributed by atoms with Crippen molar-refractivity contribution in [2.75, 3.05) is 6.54 Å². The molecule has 3 rings (SSSR count). The summed E-state index contributed by atoms with van der Waals surface area (Å²) in [5, 5.41) is 12.1. The van der Waals surface area contributed by atoms with Crippen molar-refractivity contribution in [3.8, 4) is 5.88 Å². The van der Waals surface area contributed by atoms with Crippen LogP contribution in [0.1, 0.15) is 35.2 Å². The van der Waals surface area contributed by atoms with E-state index in [-0.39, 0.29) is 18.6 Å². The Hall–Kier alpha value is -2.89. The van der Waals surface area contributed by atoms with Crippen LogP contribution in [0.5, 0.6) is 5.88 Å². The molecule has 1 atom stereocenters. The Balaban J connectivity index is 1.57. The third-order valence-corrected chi connectivity index (χ3v) is 4.52. The van der Waals surface area contributed by atoms with Gasteiger partial charge < -0.3 is 15.2 Å². The van der Waals surface area contributed by atoms with E-state index in [1.165, 1.54) is 6.20 Å². The van der Waals surface area contributed by atoms with Gasteiger partial charge in [0.25, 0.3) is 5.91 Å². The summed E-state index contributed by atoms with van der Waals surface area (Å²) < 4.78 is 5.70. The Kier molecular flexibility index (Phi) is 5.84. The van der Waals surface area contributed by atoms with E-state index < -0.39 is 11.9 Å². The first-order valence-electron chi connectivity index (χ1n) is 8.79. The van der Waals surface area contributed by atoms with Gasteiger partial charge in [0.15, 0.2) is 0 Å². The van der Waals surface area contributed by atoms with E-state index in [0.29, 0.717) is 17.9 Å². The maximum Gasteiger partial charge on any atom is 0.308 e. The molecule has 1 aliphatic carbocycles. The molecule has 2 aromatic rings. The highest BCUT2D eigenvalue weighted by atomic mass is 16.5. The van der Waals surface area contributed by atoms with Crippen LogP contribution in [0.3, 0.4) is 0 Å². The summed E-state index contributed by atoms with van der Waals surface area (Å²) in [5.41, 5.74) is 1.34. The van der Waals surface area contributed by atoms with Crippen molar-refractivity contribution < 1.29 is 19.4 Å². The van der Waals surface area contributed by atoms with Crippen LogP contribution in [0, 0.1) is 5.92 Å². The van der Waals surface area contributed by atoms with Crippen molar-refractivity contribution in [1.82, 2.24) is 10.3 Å². The number of aromatic nitrogens is 1. The summed E-state index contributed by atoms with van der Waals surface area (Å²) in [4.78, 5) is 28.0. The lowest BCUT2D eigenvalue weighted by molar-refractivity contribution is -0.141. The normalized spacial score (nSPS) is 14.9. The molecule has 1 aromatic heterocycles. The Morgan fingerprint density at radius 3 is 2.65 bits per heavy atom. The van der Waals surface area contributed by atoms with Crippen LogP contribution in [0.2, 0.25) is 0 Å². The summed E-state index contributed by atoms with van der Waals surface area (Å²) in [6.45, 7) is 0.0597. The number of hydrogen-bond acceptors (Lipinski definition) is 4. The molecule has 6 heteroatoms. The summed E-state index contributed by atoms with van der Waals surface area (Å²) in [6, 6.07) is 12.6. The van der Waals surface area contributed by atoms with Gasteiger partial charge in [-0.25, -0.2) is 4.98 Å². The van der Waals surface area contributed by atoms with E-state index >= 15 is 0 Å². The number of hydrogen-bond donors (Lipinski definition) is 2. The minimum absolute atomic E-state index is 0.0597. The monoisotopic (exact) mass is 354 g/mol. The number of nitrogens with zero attached hydrogens (tertiary/aromatic N) is 1. The van der Waals surface area contributed by atoms with Gasteiger partial charge in [0, 0.05) is 24.4 Å². The molecule has 1 aliphatic rings. The van der Waals surface area contributed by atoms with Crippen LogP contribution in [0.4, 0.5) is 0 Å². The van der Waals surface area contributed by atoms with Crippen LogP contribution < -0.4 is 10.1 Å². The highest BCUT2D eigenvalue weighted by molar-refractivity contribution is 5.94. The van der Waals surface area contributed by atoms with Crippen LogP contribution in [0.15, 0.2) is 48.7 Å². The third-order valence-electron chi connectivity index (χ3n) is 4.52. The highest BCUT2D eigenvalue weighted by Crippen LogP contribution is 2.24. The minimum Gasteiger partial charge on any atom is -0.481 e. The first-order chi connectivity index (χ1) is 12.6. The quantitative estimate of drug-likeness (QED) is 0.761. The SMILES string of the molecule is O=C(NCC(Cc1ccccc1)C(=O)O)c1ccnc(OC2CCC2)c1. The van der Waals surface area contributed by atoms with Gasteiger partial charge in [0.05, 0.1) is 5.92 Å². The number of aliphatic carboxylic acids is 1. The first kappa shape index (κ1) is 17.9. The van der Waals surface area contributed by atoms with E-state index in [2.05, 4.69) is 10.3 Å². The molecule has 0 bridgehead atoms. The van der Waals surface area contributed by atoms with E-state index in [4.69, 9.17) is 4.74 Å². The zero-order valence-corrected chi connectivity index (χ0v) is 14.4. The van der Waals surface area contributed by atoms with E-state index in [9.17, 15) is 14.7 Å². The van der Waals surface area contributed by atoms with Crippen LogP contribution >= 0.6 is 0 Å². The third kappa shape index (κ3) is 4.81. The number of carboxylic acid groups (broad SMARTS) is 1. The van der Waals surface area contributed by atoms with Gasteiger partial charge in [0.1, 0.15) is 6.10 Å². The van der Waals surface area contributed by atoms with E-state index in [1.54, 1.807) is 12.1 Å². The summed E-state index contributed by atoms with van der Waals surface area (Å²) in [6.07, 6.45) is 5.26. The van der Waals surface area contributed by atoms with E-state index in [1.807, 2.05) is 30.3 Å². The molecule has 26 heavy (non-hydrogen) atoms. The number of carbonyl (C=O) groups excluding carboxylic acids is 1. The Morgan fingerprint density at radius 2 is 2.00 bits per heavy atom. The maximum atomic E-state index is 12.4. The second-order valence-electron chi connectivity index (χ2n) is 6.49. The average Bonchev–Trinajstić information content (AvgIpc) is 2.62. The lowest BCUT2D eigenvalue weighted by Gasteiger charge is -2.25. The molecule has 1 heterocycles. The van der Waals surface area contributed by atoms with Crippen molar-refractivity contribution in [3.63, 3.8) is 0 Å². The van der Waals surface area contributed by atoms with Gasteiger partial charge in [-0.1, -0.05) is 30.3 Å². The second kappa shape index (κ2) is 8.47. The zero-order valence-electron chi connectivity index (χ0n) is 14.4. The fraction of sp³-hybridized carbons (Fsp3) is 0.350. The van der Waals surface area contributed by atoms with Crippen molar-refractivity contribution >= 4 is 11.9 Å². The fourth-order valence-electron chi connectivity index (χ4n) is 2.74. The second-order valence-corrected chi connectivity index (χ2v) is 6.49. The van der Waals surface area contributed by atoms with Gasteiger partial charge in [-0.05, 0) is 37.3 Å². The number of carbonyl (C=O) groups is 2. The Labute approximate surface area is 152 Å². The predicted molar refractivity (Wildman–Crippen MR) is 96.1 cm³/mol. The lowest BCUT2D eigenvalue weighted by atomic mass is 9.96. The van der Waals surface area contributed by atoms with Gasteiger partial charge in [-0.15, -0.1) is 0 Å². The molecule has 0 spiro atoms. The standard InChI is InChI=1S/C20H22N2O4/c23-19(15-9-10-21-18(12-15)26-17-7-4-8-17)22-13-16(20(24)25)11-14-5-2-1-3-6-14/h1-3,5-6,9-10,12,16-17H,4,7-8,11,13H2,(H,22,23)(H,24,25). The molecule has 1 unspecified atom stereocenters. The molecule has 1 amide bonds. The molecular weight excluding hydrogens is 332 g/mol. The number of ether oxygens (including phenoxy) is 1. The molecular formula is C20H22N2O4. The first-order valence-corrected chi connectivity index (χ1v) is 8.79. The molecule has 1 saturated carbocycles. The van der Waals surface area contributed by atoms with Crippen LogP contribution in [-0.4, -0.2) is 34.6 Å². The molecule has 0 saturated heterocycles. The number of benzene rings is 1. The predicted octanol–water partition coefficient (Wildman–Crippen LogP) is 2.69. The van der Waals surface area contributed by atoms with Crippen molar-refractivity contribution in [3.05, 3.63) is 59.8 Å². The molecule has 1 fully saturated rings. The molecule has 1 aromatic carbocycles. The van der Waals surface area contributed by atoms with Crippen molar-refractivity contribution in [2.45, 2.75) is 31.8 Å². The smallest absolute Gasteiger partial charge is 0.308 e. The number of pyridine rings is 1. The zero-order chi connectivity index (χ0) is 18.4. The van der Waals surface area contributed by atoms with Gasteiger partial charge in [0.2, 0.25) is 5.88 Å². The van der Waals surface area contributed by atoms with Gasteiger partial charge in [-0.3, -0.25) is 9.59 Å². The topological polar surface area (TPSA) is 88.5 Å². The maximum absolute atomic E-state index is 12.4. The molecule has 0 radical (unpaired) electrons. The highest BCUT2D eigenvalue weighted by Gasteiger charge is 2.21. The summed E-state index contributed by atoms with van der Waals surface area (Å²) in [7, 11) is 0. The molecule has 2 N–H and O–H groups in total. The van der Waals surface area contributed by atoms with Crippen LogP contribution in [0.25, 0.3) is 0 Å². The van der Waals surface area contributed by atoms with E-state index in [0.717, 1.165) is 24.8 Å². The summed E-state index contributed by atoms with van der Waals surface area (Å²) >= 11 is 0. The Bertz CT molecular complexity index is 759. The van der Waals surface area contributed by atoms with Crippen molar-refractivity contribution in [2.24, 2.45) is 5.92 Å². The molecule has 136 valence electrons. The molecule has 0 aliphatic heterocycles. The van der Waals surface area contributed by atoms with Gasteiger partial charge >= 0.3 is 5.97 Å². The average molecular weight is 354 g/mol. The molecule has 6 nitrogen and oxygen atoms in total. The Morgan fingerprint density at radius 1 is 1.23 bits per heavy atom. The number of nitrogens with one attached hydrogen (secondary N) is 1. The fourth-order valence-corrected chi connectivity index (χ4v) is 2.74. The van der Waals surface area contributed by atoms with Crippen LogP contribution in [-0.2, 0) is 11.2 Å². The van der Waals surface area contributed by atoms with Gasteiger partial charge in [-0.2, -0.15) is 0 Å². The van der Waals surface area contributed by atoms with Crippen molar-refractivity contribution in [1.29, 1.82) is 0 Å². The number of carboxylic acids is 1. The largest absolute Gasteiger partial charge is 0.481 e. The minimum atomic E-state index is -0.933. The number of amides is 1. The summed E-state index contributed by atoms with van der Waals surface area (Å²) in [5.74, 6) is -1.52.